The number of carbonyl (C=O) groups is 1. The summed E-state index contributed by atoms with van der Waals surface area (Å²) in [5.41, 5.74) is 1.03. The maximum Gasteiger partial charge on any atom is 0.257 e. The number of rotatable bonds is 2. The highest BCUT2D eigenvalue weighted by molar-refractivity contribution is 14.1. The summed E-state index contributed by atoms with van der Waals surface area (Å²) >= 11 is 13.8. The summed E-state index contributed by atoms with van der Waals surface area (Å²) in [6.07, 6.45) is 1.36. The topological polar surface area (TPSA) is 42.0 Å². The Morgan fingerprint density at radius 1 is 1.28 bits per heavy atom. The second kappa shape index (κ2) is 5.86. The lowest BCUT2D eigenvalue weighted by Crippen LogP contribution is -2.13. The molecule has 3 nitrogen and oxygen atoms in total. The first-order chi connectivity index (χ1) is 8.58. The predicted octanol–water partition coefficient (Wildman–Crippen LogP) is 4.25. The molecule has 2 aromatic rings. The first-order valence-electron chi connectivity index (χ1n) is 4.95. The fraction of sp³-hybridized carbons (Fsp3) is 0. The summed E-state index contributed by atoms with van der Waals surface area (Å²) < 4.78 is 0.944. The molecule has 0 atom stereocenters. The molecule has 0 saturated carbocycles. The highest BCUT2D eigenvalue weighted by Crippen LogP contribution is 2.22. The Kier molecular flexibility index (Phi) is 4.42. The molecule has 0 bridgehead atoms. The summed E-state index contributed by atoms with van der Waals surface area (Å²) in [6.45, 7) is 0. The minimum absolute atomic E-state index is 0.229. The number of para-hydroxylation sites is 1. The van der Waals surface area contributed by atoms with E-state index in [4.69, 9.17) is 23.2 Å². The van der Waals surface area contributed by atoms with Crippen molar-refractivity contribution in [2.24, 2.45) is 0 Å². The van der Waals surface area contributed by atoms with Crippen LogP contribution in [0.4, 0.5) is 5.69 Å². The van der Waals surface area contributed by atoms with Gasteiger partial charge in [-0.2, -0.15) is 0 Å². The predicted molar refractivity (Wildman–Crippen MR) is 81.4 cm³/mol. The van der Waals surface area contributed by atoms with Crippen LogP contribution < -0.4 is 5.32 Å². The van der Waals surface area contributed by atoms with E-state index in [2.05, 4.69) is 32.9 Å². The van der Waals surface area contributed by atoms with Crippen molar-refractivity contribution in [3.63, 3.8) is 0 Å². The molecule has 18 heavy (non-hydrogen) atoms. The molecule has 0 aliphatic carbocycles. The summed E-state index contributed by atoms with van der Waals surface area (Å²) in [5, 5.41) is 3.27. The smallest absolute Gasteiger partial charge is 0.257 e. The normalized spacial score (nSPS) is 10.2. The quantitative estimate of drug-likeness (QED) is 0.613. The van der Waals surface area contributed by atoms with Crippen LogP contribution in [-0.4, -0.2) is 10.9 Å². The van der Waals surface area contributed by atoms with E-state index < -0.39 is 0 Å². The van der Waals surface area contributed by atoms with Gasteiger partial charge >= 0.3 is 0 Å². The van der Waals surface area contributed by atoms with Crippen molar-refractivity contribution in [1.82, 2.24) is 4.98 Å². The molecule has 1 heterocycles. The standard InChI is InChI=1S/C12H7Cl2IN2O/c13-8-6-16-11(14)5-7(8)12(18)17-10-4-2-1-3-9(10)15/h1-6H,(H,17,18). The summed E-state index contributed by atoms with van der Waals surface area (Å²) in [6, 6.07) is 8.90. The van der Waals surface area contributed by atoms with Gasteiger partial charge in [0.1, 0.15) is 5.15 Å². The lowest BCUT2D eigenvalue weighted by Gasteiger charge is -2.08. The fourth-order valence-corrected chi connectivity index (χ4v) is 2.21. The number of halogens is 3. The molecule has 1 aromatic carbocycles. The lowest BCUT2D eigenvalue weighted by molar-refractivity contribution is 0.102. The minimum Gasteiger partial charge on any atom is -0.321 e. The fourth-order valence-electron chi connectivity index (χ4n) is 1.34. The van der Waals surface area contributed by atoms with Crippen LogP contribution in [0.3, 0.4) is 0 Å². The van der Waals surface area contributed by atoms with Crippen LogP contribution in [0.2, 0.25) is 10.2 Å². The van der Waals surface area contributed by atoms with Gasteiger partial charge in [0, 0.05) is 9.77 Å². The van der Waals surface area contributed by atoms with Gasteiger partial charge < -0.3 is 5.32 Å². The molecule has 1 N–H and O–H groups in total. The van der Waals surface area contributed by atoms with Gasteiger partial charge in [-0.3, -0.25) is 4.79 Å². The molecule has 6 heteroatoms. The third-order valence-corrected chi connectivity index (χ3v) is 3.64. The molecular formula is C12H7Cl2IN2O. The Labute approximate surface area is 128 Å². The number of nitrogens with one attached hydrogen (secondary N) is 1. The van der Waals surface area contributed by atoms with Crippen molar-refractivity contribution >= 4 is 57.4 Å². The Hall–Kier alpha value is -0.850. The molecular weight excluding hydrogens is 386 g/mol. The number of pyridine rings is 1. The zero-order chi connectivity index (χ0) is 13.1. The van der Waals surface area contributed by atoms with Crippen molar-refractivity contribution in [2.75, 3.05) is 5.32 Å². The van der Waals surface area contributed by atoms with Gasteiger partial charge in [0.25, 0.3) is 5.91 Å². The van der Waals surface area contributed by atoms with Crippen molar-refractivity contribution in [2.45, 2.75) is 0 Å². The monoisotopic (exact) mass is 392 g/mol. The van der Waals surface area contributed by atoms with Gasteiger partial charge in [0.15, 0.2) is 0 Å². The van der Waals surface area contributed by atoms with E-state index in [-0.39, 0.29) is 16.1 Å². The van der Waals surface area contributed by atoms with Gasteiger partial charge in [0.2, 0.25) is 0 Å². The van der Waals surface area contributed by atoms with Crippen LogP contribution in [-0.2, 0) is 0 Å². The van der Waals surface area contributed by atoms with Crippen LogP contribution in [0, 0.1) is 3.57 Å². The van der Waals surface area contributed by atoms with Gasteiger partial charge in [-0.15, -0.1) is 0 Å². The molecule has 0 unspecified atom stereocenters. The zero-order valence-corrected chi connectivity index (χ0v) is 12.6. The van der Waals surface area contributed by atoms with E-state index in [1.807, 2.05) is 24.3 Å². The van der Waals surface area contributed by atoms with E-state index in [1.54, 1.807) is 0 Å². The highest BCUT2D eigenvalue weighted by Gasteiger charge is 2.12. The molecule has 2 rings (SSSR count). The van der Waals surface area contributed by atoms with Gasteiger partial charge in [-0.05, 0) is 40.8 Å². The van der Waals surface area contributed by atoms with Crippen molar-refractivity contribution in [3.05, 3.63) is 55.8 Å². The van der Waals surface area contributed by atoms with Gasteiger partial charge in [-0.1, -0.05) is 35.3 Å². The van der Waals surface area contributed by atoms with Crippen LogP contribution in [0.25, 0.3) is 0 Å². The van der Waals surface area contributed by atoms with E-state index in [0.717, 1.165) is 9.26 Å². The Morgan fingerprint density at radius 2 is 2.00 bits per heavy atom. The molecule has 0 radical (unpaired) electrons. The number of hydrogen-bond acceptors (Lipinski definition) is 2. The van der Waals surface area contributed by atoms with Crippen LogP contribution in [0.15, 0.2) is 36.5 Å². The average molecular weight is 393 g/mol. The first-order valence-corrected chi connectivity index (χ1v) is 6.78. The minimum atomic E-state index is -0.312. The van der Waals surface area contributed by atoms with Crippen LogP contribution in [0.5, 0.6) is 0 Å². The van der Waals surface area contributed by atoms with Crippen molar-refractivity contribution in [3.8, 4) is 0 Å². The zero-order valence-electron chi connectivity index (χ0n) is 8.95. The largest absolute Gasteiger partial charge is 0.321 e. The third kappa shape index (κ3) is 3.13. The number of amides is 1. The molecule has 1 aromatic heterocycles. The summed E-state index contributed by atoms with van der Waals surface area (Å²) in [4.78, 5) is 15.9. The first kappa shape index (κ1) is 13.6. The number of carbonyl (C=O) groups excluding carboxylic acids is 1. The third-order valence-electron chi connectivity index (χ3n) is 2.19. The molecule has 0 spiro atoms. The maximum absolute atomic E-state index is 12.1. The Bertz CT molecular complexity index is 604. The van der Waals surface area contributed by atoms with Crippen LogP contribution in [0.1, 0.15) is 10.4 Å². The lowest BCUT2D eigenvalue weighted by atomic mass is 10.2. The van der Waals surface area contributed by atoms with E-state index in [1.165, 1.54) is 12.3 Å². The SMILES string of the molecule is O=C(Nc1ccccc1I)c1cc(Cl)ncc1Cl. The molecule has 0 fully saturated rings. The molecule has 0 saturated heterocycles. The highest BCUT2D eigenvalue weighted by atomic mass is 127. The average Bonchev–Trinajstić information content (AvgIpc) is 2.35. The van der Waals surface area contributed by atoms with E-state index in [0.29, 0.717) is 5.56 Å². The Balaban J connectivity index is 2.28. The number of anilines is 1. The van der Waals surface area contributed by atoms with Crippen LogP contribution >= 0.6 is 45.8 Å². The molecule has 0 aliphatic heterocycles. The molecule has 1 amide bonds. The number of benzene rings is 1. The second-order valence-electron chi connectivity index (χ2n) is 3.42. The van der Waals surface area contributed by atoms with E-state index in [9.17, 15) is 4.79 Å². The summed E-state index contributed by atoms with van der Waals surface area (Å²) in [5.74, 6) is -0.312. The van der Waals surface area contributed by atoms with Gasteiger partial charge in [-0.25, -0.2) is 4.98 Å². The number of hydrogen-bond donors (Lipinski definition) is 1. The van der Waals surface area contributed by atoms with Crippen molar-refractivity contribution < 1.29 is 4.79 Å². The van der Waals surface area contributed by atoms with Gasteiger partial charge in [0.05, 0.1) is 16.3 Å². The maximum atomic E-state index is 12.1. The number of nitrogens with zero attached hydrogens (tertiary/aromatic N) is 1. The second-order valence-corrected chi connectivity index (χ2v) is 5.38. The summed E-state index contributed by atoms with van der Waals surface area (Å²) in [7, 11) is 0. The Morgan fingerprint density at radius 3 is 2.72 bits per heavy atom. The molecule has 92 valence electrons. The van der Waals surface area contributed by atoms with Crippen molar-refractivity contribution in [1.29, 1.82) is 0 Å². The molecule has 0 aliphatic rings. The number of aromatic nitrogens is 1. The van der Waals surface area contributed by atoms with E-state index >= 15 is 0 Å².